The number of rotatable bonds is 1. The lowest BCUT2D eigenvalue weighted by Crippen LogP contribution is -1.91. The average molecular weight is 138 g/mol. The van der Waals surface area contributed by atoms with Crippen LogP contribution in [0.4, 0.5) is 0 Å². The first kappa shape index (κ1) is 6.77. The van der Waals surface area contributed by atoms with Gasteiger partial charge < -0.3 is 0 Å². The van der Waals surface area contributed by atoms with Crippen LogP contribution < -0.4 is 5.30 Å². The van der Waals surface area contributed by atoms with Gasteiger partial charge in [0.15, 0.2) is 0 Å². The second-order valence-corrected chi connectivity index (χ2v) is 3.20. The summed E-state index contributed by atoms with van der Waals surface area (Å²) in [7, 11) is 0.926. The Labute approximate surface area is 58.1 Å². The zero-order chi connectivity index (χ0) is 6.69. The van der Waals surface area contributed by atoms with E-state index in [1.807, 2.05) is 0 Å². The van der Waals surface area contributed by atoms with Gasteiger partial charge in [-0.25, -0.2) is 0 Å². The Morgan fingerprint density at radius 2 is 2.11 bits per heavy atom. The van der Waals surface area contributed by atoms with E-state index in [1.54, 1.807) is 0 Å². The number of hydrogen-bond acceptors (Lipinski definition) is 0. The minimum absolute atomic E-state index is 0.926. The molecule has 1 aromatic rings. The highest BCUT2D eigenvalue weighted by atomic mass is 31.1. The van der Waals surface area contributed by atoms with E-state index in [-0.39, 0.29) is 0 Å². The molecule has 1 rings (SSSR count). The maximum atomic E-state index is 2.23. The quantitative estimate of drug-likeness (QED) is 0.520. The minimum Gasteiger partial charge on any atom is -0.0936 e. The molecule has 0 fully saturated rings. The van der Waals surface area contributed by atoms with Crippen LogP contribution in [0.3, 0.4) is 0 Å². The summed E-state index contributed by atoms with van der Waals surface area (Å²) in [5.74, 6) is 0. The lowest BCUT2D eigenvalue weighted by Gasteiger charge is -1.95. The standard InChI is InChI=1S/C8H11P/c1-7-4-3-5-8(6-7)9-2/h3-6,9H,1-2H3. The van der Waals surface area contributed by atoms with E-state index in [4.69, 9.17) is 0 Å². The monoisotopic (exact) mass is 138 g/mol. The van der Waals surface area contributed by atoms with Gasteiger partial charge >= 0.3 is 0 Å². The molecule has 0 N–H and O–H groups in total. The molecule has 1 atom stereocenters. The van der Waals surface area contributed by atoms with Gasteiger partial charge in [0.2, 0.25) is 0 Å². The third kappa shape index (κ3) is 1.80. The summed E-state index contributed by atoms with van der Waals surface area (Å²) < 4.78 is 0. The number of benzene rings is 1. The highest BCUT2D eigenvalue weighted by Crippen LogP contribution is 2.04. The van der Waals surface area contributed by atoms with Crippen LogP contribution in [0.2, 0.25) is 0 Å². The van der Waals surface area contributed by atoms with Crippen LogP contribution in [0.25, 0.3) is 0 Å². The smallest absolute Gasteiger partial charge is 0.0272 e. The van der Waals surface area contributed by atoms with Crippen molar-refractivity contribution in [3.05, 3.63) is 29.8 Å². The molecule has 0 spiro atoms. The van der Waals surface area contributed by atoms with Gasteiger partial charge in [-0.05, 0) is 18.9 Å². The Balaban J connectivity index is 2.94. The summed E-state index contributed by atoms with van der Waals surface area (Å²) in [6, 6.07) is 8.65. The van der Waals surface area contributed by atoms with Crippen molar-refractivity contribution in [3.63, 3.8) is 0 Å². The molecule has 0 aliphatic carbocycles. The van der Waals surface area contributed by atoms with Crippen LogP contribution in [0.5, 0.6) is 0 Å². The molecule has 0 amide bonds. The summed E-state index contributed by atoms with van der Waals surface area (Å²) in [6.45, 7) is 4.33. The fourth-order valence-corrected chi connectivity index (χ4v) is 1.44. The van der Waals surface area contributed by atoms with Crippen LogP contribution in [-0.2, 0) is 0 Å². The van der Waals surface area contributed by atoms with E-state index in [1.165, 1.54) is 10.9 Å². The Bertz CT molecular complexity index is 194. The molecule has 0 saturated heterocycles. The molecular formula is C8H11P. The van der Waals surface area contributed by atoms with Crippen molar-refractivity contribution in [1.82, 2.24) is 0 Å². The summed E-state index contributed by atoms with van der Waals surface area (Å²) in [6.07, 6.45) is 0. The van der Waals surface area contributed by atoms with Gasteiger partial charge in [-0.15, -0.1) is 0 Å². The lowest BCUT2D eigenvalue weighted by molar-refractivity contribution is 1.50. The molecule has 0 bridgehead atoms. The maximum absolute atomic E-state index is 2.23. The highest BCUT2D eigenvalue weighted by Gasteiger charge is 1.85. The summed E-state index contributed by atoms with van der Waals surface area (Å²) in [4.78, 5) is 0. The van der Waals surface area contributed by atoms with E-state index in [2.05, 4.69) is 37.9 Å². The van der Waals surface area contributed by atoms with Crippen molar-refractivity contribution < 1.29 is 0 Å². The fraction of sp³-hybridized carbons (Fsp3) is 0.250. The van der Waals surface area contributed by atoms with Crippen molar-refractivity contribution in [2.45, 2.75) is 6.92 Å². The Morgan fingerprint density at radius 3 is 2.56 bits per heavy atom. The van der Waals surface area contributed by atoms with Crippen molar-refractivity contribution >= 4 is 13.9 Å². The van der Waals surface area contributed by atoms with E-state index < -0.39 is 0 Å². The maximum Gasteiger partial charge on any atom is -0.0272 e. The molecule has 0 aliphatic rings. The van der Waals surface area contributed by atoms with Crippen LogP contribution in [0.1, 0.15) is 5.56 Å². The molecule has 0 radical (unpaired) electrons. The van der Waals surface area contributed by atoms with Gasteiger partial charge in [-0.3, -0.25) is 0 Å². The zero-order valence-electron chi connectivity index (χ0n) is 5.81. The third-order valence-electron chi connectivity index (χ3n) is 1.31. The summed E-state index contributed by atoms with van der Waals surface area (Å²) in [5, 5.41) is 1.45. The number of hydrogen-bond donors (Lipinski definition) is 0. The molecule has 1 heteroatoms. The van der Waals surface area contributed by atoms with Gasteiger partial charge in [0, 0.05) is 0 Å². The van der Waals surface area contributed by atoms with Gasteiger partial charge in [0.05, 0.1) is 0 Å². The highest BCUT2D eigenvalue weighted by molar-refractivity contribution is 7.46. The van der Waals surface area contributed by atoms with Crippen molar-refractivity contribution in [3.8, 4) is 0 Å². The van der Waals surface area contributed by atoms with Crippen molar-refractivity contribution in [2.24, 2.45) is 0 Å². The molecule has 1 aromatic carbocycles. The molecule has 0 aromatic heterocycles. The molecule has 0 nitrogen and oxygen atoms in total. The molecule has 0 aliphatic heterocycles. The normalized spacial score (nSPS) is 10.9. The predicted molar refractivity (Wildman–Crippen MR) is 45.1 cm³/mol. The van der Waals surface area contributed by atoms with Crippen LogP contribution in [0, 0.1) is 6.92 Å². The average Bonchev–Trinajstić information content (AvgIpc) is 1.88. The largest absolute Gasteiger partial charge is 0.0936 e. The molecule has 0 saturated carbocycles. The summed E-state index contributed by atoms with van der Waals surface area (Å²) >= 11 is 0. The topological polar surface area (TPSA) is 0 Å². The molecule has 0 heterocycles. The molecule has 1 unspecified atom stereocenters. The second-order valence-electron chi connectivity index (χ2n) is 2.12. The second kappa shape index (κ2) is 2.98. The molecule has 48 valence electrons. The van der Waals surface area contributed by atoms with Crippen LogP contribution in [-0.4, -0.2) is 6.66 Å². The van der Waals surface area contributed by atoms with Crippen LogP contribution in [0.15, 0.2) is 24.3 Å². The van der Waals surface area contributed by atoms with E-state index in [9.17, 15) is 0 Å². The minimum atomic E-state index is 0.926. The van der Waals surface area contributed by atoms with Gasteiger partial charge in [-0.2, -0.15) is 0 Å². The zero-order valence-corrected chi connectivity index (χ0v) is 6.81. The van der Waals surface area contributed by atoms with Crippen LogP contribution >= 0.6 is 8.58 Å². The van der Waals surface area contributed by atoms with Gasteiger partial charge in [-0.1, -0.05) is 38.4 Å². The first-order valence-electron chi connectivity index (χ1n) is 3.07. The first-order chi connectivity index (χ1) is 4.33. The lowest BCUT2D eigenvalue weighted by atomic mass is 10.2. The molecular weight excluding hydrogens is 127 g/mol. The Hall–Kier alpha value is -0.350. The Morgan fingerprint density at radius 1 is 1.33 bits per heavy atom. The third-order valence-corrected chi connectivity index (χ3v) is 2.20. The van der Waals surface area contributed by atoms with E-state index in [0.29, 0.717) is 0 Å². The van der Waals surface area contributed by atoms with Gasteiger partial charge in [0.25, 0.3) is 0 Å². The predicted octanol–water partition coefficient (Wildman–Crippen LogP) is 1.93. The van der Waals surface area contributed by atoms with Gasteiger partial charge in [0.1, 0.15) is 0 Å². The van der Waals surface area contributed by atoms with E-state index >= 15 is 0 Å². The molecule has 9 heavy (non-hydrogen) atoms. The SMILES string of the molecule is CPc1cccc(C)c1. The number of aryl methyl sites for hydroxylation is 1. The Kier molecular flexibility index (Phi) is 2.24. The summed E-state index contributed by atoms with van der Waals surface area (Å²) in [5.41, 5.74) is 1.36. The fourth-order valence-electron chi connectivity index (χ4n) is 0.801. The van der Waals surface area contributed by atoms with E-state index in [0.717, 1.165) is 8.58 Å². The first-order valence-corrected chi connectivity index (χ1v) is 4.57. The van der Waals surface area contributed by atoms with Crippen molar-refractivity contribution in [1.29, 1.82) is 0 Å². The van der Waals surface area contributed by atoms with Crippen molar-refractivity contribution in [2.75, 3.05) is 6.66 Å².